The van der Waals surface area contributed by atoms with Gasteiger partial charge in [-0.3, -0.25) is 4.98 Å². The van der Waals surface area contributed by atoms with Crippen molar-refractivity contribution in [2.45, 2.75) is 33.7 Å². The fourth-order valence-corrected chi connectivity index (χ4v) is 2.74. The lowest BCUT2D eigenvalue weighted by Crippen LogP contribution is -2.34. The molecule has 2 rings (SSSR count). The number of hydrogen-bond acceptors (Lipinski definition) is 3. The lowest BCUT2D eigenvalue weighted by Gasteiger charge is -2.31. The van der Waals surface area contributed by atoms with Gasteiger partial charge in [-0.1, -0.05) is 13.8 Å². The van der Waals surface area contributed by atoms with E-state index in [-0.39, 0.29) is 0 Å². The third-order valence-corrected chi connectivity index (χ3v) is 3.76. The van der Waals surface area contributed by atoms with Gasteiger partial charge in [0.25, 0.3) is 0 Å². The average Bonchev–Trinajstić information content (AvgIpc) is 2.37. The van der Waals surface area contributed by atoms with E-state index in [1.807, 2.05) is 18.3 Å². The first-order valence-corrected chi connectivity index (χ1v) is 7.79. The van der Waals surface area contributed by atoms with Crippen LogP contribution in [0.1, 0.15) is 27.7 Å². The summed E-state index contributed by atoms with van der Waals surface area (Å²) in [7, 11) is 0. The van der Waals surface area contributed by atoms with Crippen LogP contribution < -0.4 is 10.6 Å². The van der Waals surface area contributed by atoms with Gasteiger partial charge in [-0.15, -0.1) is 0 Å². The SMILES string of the molecule is CC(C)CN(c1ccc(N)c2cc(Br)cnc12)C(C)C. The van der Waals surface area contributed by atoms with Crippen molar-refractivity contribution in [3.05, 3.63) is 28.9 Å². The lowest BCUT2D eigenvalue weighted by molar-refractivity contribution is 0.572. The topological polar surface area (TPSA) is 42.1 Å². The fourth-order valence-electron chi connectivity index (χ4n) is 2.41. The van der Waals surface area contributed by atoms with Gasteiger partial charge in [0.1, 0.15) is 0 Å². The van der Waals surface area contributed by atoms with Gasteiger partial charge in [0.05, 0.1) is 11.2 Å². The van der Waals surface area contributed by atoms with Crippen molar-refractivity contribution in [3.63, 3.8) is 0 Å². The number of halogens is 1. The minimum Gasteiger partial charge on any atom is -0.398 e. The normalized spacial score (nSPS) is 11.6. The molecule has 0 atom stereocenters. The summed E-state index contributed by atoms with van der Waals surface area (Å²) >= 11 is 3.47. The molecular weight excluding hydrogens is 314 g/mol. The van der Waals surface area contributed by atoms with E-state index < -0.39 is 0 Å². The zero-order valence-electron chi connectivity index (χ0n) is 12.5. The molecule has 0 aliphatic heterocycles. The highest BCUT2D eigenvalue weighted by Gasteiger charge is 2.16. The van der Waals surface area contributed by atoms with E-state index in [0.29, 0.717) is 12.0 Å². The summed E-state index contributed by atoms with van der Waals surface area (Å²) in [5.74, 6) is 0.598. The standard InChI is InChI=1S/C16H22BrN3/c1-10(2)9-20(11(3)4)15-6-5-14(18)13-7-12(17)8-19-16(13)15/h5-8,10-11H,9,18H2,1-4H3. The first-order valence-electron chi connectivity index (χ1n) is 7.00. The van der Waals surface area contributed by atoms with Crippen LogP contribution in [0.2, 0.25) is 0 Å². The molecule has 1 aromatic heterocycles. The molecular formula is C16H22BrN3. The van der Waals surface area contributed by atoms with Crippen LogP contribution >= 0.6 is 15.9 Å². The quantitative estimate of drug-likeness (QED) is 0.839. The van der Waals surface area contributed by atoms with Crippen LogP contribution in [-0.2, 0) is 0 Å². The van der Waals surface area contributed by atoms with Crippen molar-refractivity contribution in [3.8, 4) is 0 Å². The molecule has 1 aromatic carbocycles. The van der Waals surface area contributed by atoms with Crippen LogP contribution in [0.4, 0.5) is 11.4 Å². The molecule has 0 aliphatic rings. The molecule has 4 heteroatoms. The highest BCUT2D eigenvalue weighted by atomic mass is 79.9. The summed E-state index contributed by atoms with van der Waals surface area (Å²) in [5, 5.41) is 1.01. The van der Waals surface area contributed by atoms with Gasteiger partial charge in [0, 0.05) is 34.3 Å². The van der Waals surface area contributed by atoms with Crippen LogP contribution in [0.25, 0.3) is 10.9 Å². The molecule has 0 fully saturated rings. The predicted molar refractivity (Wildman–Crippen MR) is 91.2 cm³/mol. The second-order valence-electron chi connectivity index (χ2n) is 5.86. The second-order valence-corrected chi connectivity index (χ2v) is 6.78. The first kappa shape index (κ1) is 15.1. The Labute approximate surface area is 129 Å². The minimum absolute atomic E-state index is 0.426. The molecule has 0 amide bonds. The van der Waals surface area contributed by atoms with Gasteiger partial charge in [-0.05, 0) is 53.9 Å². The Bertz CT molecular complexity index is 608. The van der Waals surface area contributed by atoms with Crippen molar-refractivity contribution in [2.75, 3.05) is 17.2 Å². The van der Waals surface area contributed by atoms with Crippen molar-refractivity contribution in [2.24, 2.45) is 5.92 Å². The van der Waals surface area contributed by atoms with Gasteiger partial charge in [0.15, 0.2) is 0 Å². The van der Waals surface area contributed by atoms with Gasteiger partial charge >= 0.3 is 0 Å². The molecule has 0 radical (unpaired) electrons. The first-order chi connectivity index (χ1) is 9.40. The smallest absolute Gasteiger partial charge is 0.0956 e. The maximum absolute atomic E-state index is 6.09. The number of nitrogens with two attached hydrogens (primary N) is 1. The molecule has 20 heavy (non-hydrogen) atoms. The number of fused-ring (bicyclic) bond motifs is 1. The van der Waals surface area contributed by atoms with E-state index in [2.05, 4.69) is 59.6 Å². The lowest BCUT2D eigenvalue weighted by atomic mass is 10.1. The molecule has 0 saturated heterocycles. The van der Waals surface area contributed by atoms with Crippen molar-refractivity contribution >= 4 is 38.2 Å². The third-order valence-electron chi connectivity index (χ3n) is 3.32. The Morgan fingerprint density at radius 2 is 1.95 bits per heavy atom. The van der Waals surface area contributed by atoms with Gasteiger partial charge < -0.3 is 10.6 Å². The Morgan fingerprint density at radius 3 is 2.55 bits per heavy atom. The summed E-state index contributed by atoms with van der Waals surface area (Å²) in [6, 6.07) is 6.52. The molecule has 0 spiro atoms. The predicted octanol–water partition coefficient (Wildman–Crippen LogP) is 4.45. The molecule has 0 bridgehead atoms. The summed E-state index contributed by atoms with van der Waals surface area (Å²) in [4.78, 5) is 6.98. The highest BCUT2D eigenvalue weighted by Crippen LogP contribution is 2.32. The number of nitrogen functional groups attached to an aromatic ring is 1. The largest absolute Gasteiger partial charge is 0.398 e. The van der Waals surface area contributed by atoms with E-state index in [0.717, 1.165) is 33.3 Å². The molecule has 108 valence electrons. The van der Waals surface area contributed by atoms with Gasteiger partial charge in [0.2, 0.25) is 0 Å². The summed E-state index contributed by atoms with van der Waals surface area (Å²) < 4.78 is 0.953. The number of pyridine rings is 1. The van der Waals surface area contributed by atoms with Crippen LogP contribution in [0.15, 0.2) is 28.9 Å². The van der Waals surface area contributed by atoms with E-state index in [1.54, 1.807) is 0 Å². The van der Waals surface area contributed by atoms with Crippen LogP contribution in [0, 0.1) is 5.92 Å². The number of nitrogens with zero attached hydrogens (tertiary/aromatic N) is 2. The molecule has 0 aliphatic carbocycles. The Kier molecular flexibility index (Phi) is 4.53. The maximum Gasteiger partial charge on any atom is 0.0956 e. The summed E-state index contributed by atoms with van der Waals surface area (Å²) in [6.07, 6.45) is 1.83. The van der Waals surface area contributed by atoms with E-state index in [1.165, 1.54) is 0 Å². The summed E-state index contributed by atoms with van der Waals surface area (Å²) in [6.45, 7) is 9.90. The van der Waals surface area contributed by atoms with E-state index in [4.69, 9.17) is 5.73 Å². The van der Waals surface area contributed by atoms with Gasteiger partial charge in [-0.2, -0.15) is 0 Å². The molecule has 3 nitrogen and oxygen atoms in total. The molecule has 2 N–H and O–H groups in total. The zero-order chi connectivity index (χ0) is 14.9. The number of rotatable bonds is 4. The maximum atomic E-state index is 6.09. The van der Waals surface area contributed by atoms with Crippen LogP contribution in [0.5, 0.6) is 0 Å². The second kappa shape index (κ2) is 6.00. The Morgan fingerprint density at radius 1 is 1.25 bits per heavy atom. The monoisotopic (exact) mass is 335 g/mol. The molecule has 0 saturated carbocycles. The number of hydrogen-bond donors (Lipinski definition) is 1. The molecule has 1 heterocycles. The highest BCUT2D eigenvalue weighted by molar-refractivity contribution is 9.10. The van der Waals surface area contributed by atoms with Crippen LogP contribution in [0.3, 0.4) is 0 Å². The Balaban J connectivity index is 2.61. The zero-order valence-corrected chi connectivity index (χ0v) is 14.1. The van der Waals surface area contributed by atoms with Gasteiger partial charge in [-0.25, -0.2) is 0 Å². The Hall–Kier alpha value is -1.29. The fraction of sp³-hybridized carbons (Fsp3) is 0.438. The number of aromatic nitrogens is 1. The van der Waals surface area contributed by atoms with Crippen molar-refractivity contribution in [1.29, 1.82) is 0 Å². The molecule has 0 unspecified atom stereocenters. The summed E-state index contributed by atoms with van der Waals surface area (Å²) in [5.41, 5.74) is 8.99. The number of anilines is 2. The van der Waals surface area contributed by atoms with Crippen molar-refractivity contribution in [1.82, 2.24) is 4.98 Å². The van der Waals surface area contributed by atoms with E-state index in [9.17, 15) is 0 Å². The van der Waals surface area contributed by atoms with Crippen LogP contribution in [-0.4, -0.2) is 17.6 Å². The van der Waals surface area contributed by atoms with E-state index >= 15 is 0 Å². The molecule has 2 aromatic rings. The number of benzene rings is 1. The minimum atomic E-state index is 0.426. The van der Waals surface area contributed by atoms with Crippen molar-refractivity contribution < 1.29 is 0 Å². The third kappa shape index (κ3) is 3.06. The average molecular weight is 336 g/mol.